The molecule has 3 rings (SSSR count). The quantitative estimate of drug-likeness (QED) is 0.354. The van der Waals surface area contributed by atoms with E-state index in [0.29, 0.717) is 13.1 Å². The number of hydrogen-bond donors (Lipinski definition) is 2. The number of hydrogen-bond acceptors (Lipinski definition) is 3. The molecule has 0 radical (unpaired) electrons. The number of nitrogens with one attached hydrogen (secondary N) is 2. The van der Waals surface area contributed by atoms with E-state index < -0.39 is 0 Å². The van der Waals surface area contributed by atoms with Crippen molar-refractivity contribution in [3.63, 3.8) is 0 Å². The average molecular weight is 448 g/mol. The number of halogens is 1. The number of aromatic nitrogens is 1. The maximum Gasteiger partial charge on any atom is 0.191 e. The van der Waals surface area contributed by atoms with E-state index >= 15 is 0 Å². The lowest BCUT2D eigenvalue weighted by atomic mass is 10.2. The zero-order valence-corrected chi connectivity index (χ0v) is 16.3. The Morgan fingerprint density at radius 3 is 2.28 bits per heavy atom. The zero-order chi connectivity index (χ0) is 16.6. The van der Waals surface area contributed by atoms with Crippen LogP contribution in [0.1, 0.15) is 11.3 Å². The molecule has 0 amide bonds. The molecule has 0 spiro atoms. The second kappa shape index (κ2) is 9.83. The Labute approximate surface area is 164 Å². The lowest BCUT2D eigenvalue weighted by Gasteiger charge is -2.10. The Bertz CT molecular complexity index is 787. The van der Waals surface area contributed by atoms with Crippen molar-refractivity contribution in [2.24, 2.45) is 4.99 Å². The van der Waals surface area contributed by atoms with Crippen molar-refractivity contribution in [1.82, 2.24) is 15.8 Å². The van der Waals surface area contributed by atoms with Crippen molar-refractivity contribution in [3.05, 3.63) is 78.0 Å². The Balaban J connectivity index is 0.00000225. The van der Waals surface area contributed by atoms with Crippen LogP contribution in [0.3, 0.4) is 0 Å². The first-order valence-electron chi connectivity index (χ1n) is 7.84. The van der Waals surface area contributed by atoms with Gasteiger partial charge in [-0.15, -0.1) is 24.0 Å². The summed E-state index contributed by atoms with van der Waals surface area (Å²) in [6.07, 6.45) is 0. The average Bonchev–Trinajstić information content (AvgIpc) is 3.12. The largest absolute Gasteiger partial charge is 0.356 e. The summed E-state index contributed by atoms with van der Waals surface area (Å²) in [4.78, 5) is 4.22. The van der Waals surface area contributed by atoms with Crippen molar-refractivity contribution in [1.29, 1.82) is 0 Å². The molecule has 1 heterocycles. The van der Waals surface area contributed by atoms with E-state index in [-0.39, 0.29) is 24.0 Å². The smallest absolute Gasteiger partial charge is 0.191 e. The fourth-order valence-corrected chi connectivity index (χ4v) is 2.31. The Morgan fingerprint density at radius 2 is 1.60 bits per heavy atom. The van der Waals surface area contributed by atoms with Crippen molar-refractivity contribution < 1.29 is 4.52 Å². The van der Waals surface area contributed by atoms with Crippen molar-refractivity contribution in [3.8, 4) is 11.3 Å². The van der Waals surface area contributed by atoms with Gasteiger partial charge in [0.25, 0.3) is 0 Å². The fraction of sp³-hybridized carbons (Fsp3) is 0.158. The fourth-order valence-electron chi connectivity index (χ4n) is 2.31. The monoisotopic (exact) mass is 448 g/mol. The third-order valence-corrected chi connectivity index (χ3v) is 3.58. The lowest BCUT2D eigenvalue weighted by molar-refractivity contribution is 0.422. The second-order valence-corrected chi connectivity index (χ2v) is 5.31. The van der Waals surface area contributed by atoms with Crippen LogP contribution in [0, 0.1) is 0 Å². The van der Waals surface area contributed by atoms with E-state index in [2.05, 4.69) is 32.9 Å². The number of rotatable bonds is 5. The molecule has 0 aliphatic carbocycles. The van der Waals surface area contributed by atoms with Gasteiger partial charge in [0.05, 0.1) is 6.54 Å². The standard InChI is InChI=1S/C19H20N4O.HI/c1-20-19(21-13-15-8-4-2-5-9-15)22-14-17-12-18(24-23-17)16-10-6-3-7-11-16;/h2-12H,13-14H2,1H3,(H2,20,21,22);1H. The van der Waals surface area contributed by atoms with Crippen molar-refractivity contribution in [2.45, 2.75) is 13.1 Å². The van der Waals surface area contributed by atoms with E-state index in [9.17, 15) is 0 Å². The van der Waals surface area contributed by atoms with Crippen LogP contribution in [0.15, 0.2) is 76.2 Å². The van der Waals surface area contributed by atoms with Crippen LogP contribution in [0.25, 0.3) is 11.3 Å². The maximum absolute atomic E-state index is 5.40. The number of guanidine groups is 1. The Morgan fingerprint density at radius 1 is 0.960 bits per heavy atom. The van der Waals surface area contributed by atoms with Gasteiger partial charge in [-0.2, -0.15) is 0 Å². The second-order valence-electron chi connectivity index (χ2n) is 5.31. The van der Waals surface area contributed by atoms with Gasteiger partial charge in [0, 0.05) is 25.2 Å². The van der Waals surface area contributed by atoms with Gasteiger partial charge < -0.3 is 15.2 Å². The molecule has 1 aromatic heterocycles. The van der Waals surface area contributed by atoms with Gasteiger partial charge in [0.2, 0.25) is 0 Å². The predicted molar refractivity (Wildman–Crippen MR) is 111 cm³/mol. The molecule has 0 atom stereocenters. The minimum Gasteiger partial charge on any atom is -0.356 e. The number of nitrogens with zero attached hydrogens (tertiary/aromatic N) is 2. The Hall–Kier alpha value is -2.35. The molecule has 0 fully saturated rings. The van der Waals surface area contributed by atoms with Crippen LogP contribution in [-0.2, 0) is 13.1 Å². The van der Waals surface area contributed by atoms with Gasteiger partial charge in [-0.1, -0.05) is 65.8 Å². The Kier molecular flexibility index (Phi) is 7.46. The number of aliphatic imine (C=N–C) groups is 1. The van der Waals surface area contributed by atoms with Crippen molar-refractivity contribution in [2.75, 3.05) is 7.05 Å². The summed E-state index contributed by atoms with van der Waals surface area (Å²) in [6, 6.07) is 22.1. The molecule has 2 aromatic carbocycles. The molecule has 0 unspecified atom stereocenters. The summed E-state index contributed by atoms with van der Waals surface area (Å²) < 4.78 is 5.40. The highest BCUT2D eigenvalue weighted by molar-refractivity contribution is 14.0. The molecular formula is C19H21IN4O. The third kappa shape index (κ3) is 5.60. The zero-order valence-electron chi connectivity index (χ0n) is 14.0. The first-order chi connectivity index (χ1) is 11.8. The van der Waals surface area contributed by atoms with Gasteiger partial charge in [0.1, 0.15) is 5.69 Å². The highest BCUT2D eigenvalue weighted by Gasteiger charge is 2.07. The van der Waals surface area contributed by atoms with Crippen LogP contribution in [0.5, 0.6) is 0 Å². The highest BCUT2D eigenvalue weighted by Crippen LogP contribution is 2.19. The molecule has 5 nitrogen and oxygen atoms in total. The molecule has 0 aliphatic heterocycles. The molecule has 6 heteroatoms. The first-order valence-corrected chi connectivity index (χ1v) is 7.84. The van der Waals surface area contributed by atoms with Gasteiger partial charge in [-0.05, 0) is 5.56 Å². The highest BCUT2D eigenvalue weighted by atomic mass is 127. The molecule has 0 aliphatic rings. The minimum atomic E-state index is 0. The molecule has 25 heavy (non-hydrogen) atoms. The van der Waals surface area contributed by atoms with Crippen LogP contribution in [0.2, 0.25) is 0 Å². The summed E-state index contributed by atoms with van der Waals surface area (Å²) in [7, 11) is 1.75. The summed E-state index contributed by atoms with van der Waals surface area (Å²) >= 11 is 0. The van der Waals surface area contributed by atoms with Gasteiger partial charge in [-0.3, -0.25) is 4.99 Å². The first kappa shape index (κ1) is 19.0. The van der Waals surface area contributed by atoms with Crippen molar-refractivity contribution >= 4 is 29.9 Å². The predicted octanol–water partition coefficient (Wildman–Crippen LogP) is 3.82. The molecule has 0 saturated heterocycles. The van der Waals surface area contributed by atoms with Gasteiger partial charge in [-0.25, -0.2) is 0 Å². The van der Waals surface area contributed by atoms with E-state index in [4.69, 9.17) is 4.52 Å². The maximum atomic E-state index is 5.40. The van der Waals surface area contributed by atoms with Crippen LogP contribution >= 0.6 is 24.0 Å². The molecule has 3 aromatic rings. The molecule has 0 bridgehead atoms. The van der Waals surface area contributed by atoms with E-state index in [1.165, 1.54) is 5.56 Å². The summed E-state index contributed by atoms with van der Waals surface area (Å²) in [5.41, 5.74) is 3.05. The molecule has 0 saturated carbocycles. The molecular weight excluding hydrogens is 427 g/mol. The summed E-state index contributed by atoms with van der Waals surface area (Å²) in [5, 5.41) is 10.6. The number of benzene rings is 2. The topological polar surface area (TPSA) is 62.5 Å². The molecule has 130 valence electrons. The van der Waals surface area contributed by atoms with E-state index in [0.717, 1.165) is 23.0 Å². The summed E-state index contributed by atoms with van der Waals surface area (Å²) in [6.45, 7) is 1.26. The third-order valence-electron chi connectivity index (χ3n) is 3.58. The SMILES string of the molecule is CN=C(NCc1ccccc1)NCc1cc(-c2ccccc2)on1.I. The molecule has 2 N–H and O–H groups in total. The van der Waals surface area contributed by atoms with E-state index in [1.807, 2.05) is 54.6 Å². The lowest BCUT2D eigenvalue weighted by Crippen LogP contribution is -2.36. The normalized spacial score (nSPS) is 10.8. The van der Waals surface area contributed by atoms with Crippen LogP contribution < -0.4 is 10.6 Å². The van der Waals surface area contributed by atoms with Crippen LogP contribution in [0.4, 0.5) is 0 Å². The van der Waals surface area contributed by atoms with E-state index in [1.54, 1.807) is 7.05 Å². The van der Waals surface area contributed by atoms with Gasteiger partial charge in [0.15, 0.2) is 11.7 Å². The van der Waals surface area contributed by atoms with Gasteiger partial charge >= 0.3 is 0 Å². The summed E-state index contributed by atoms with van der Waals surface area (Å²) in [5.74, 6) is 1.49. The van der Waals surface area contributed by atoms with Crippen LogP contribution in [-0.4, -0.2) is 18.2 Å². The minimum absolute atomic E-state index is 0.